The number of aromatic nitrogens is 4. The number of aryl methyl sites for hydroxylation is 1. The number of hydrogen-bond donors (Lipinski definition) is 0. The molecule has 3 aromatic rings. The number of unbranched alkanes of at least 4 members (excludes halogenated alkanes) is 1. The fourth-order valence-electron chi connectivity index (χ4n) is 2.76. The van der Waals surface area contributed by atoms with Gasteiger partial charge in [-0.3, -0.25) is 13.8 Å². The molecule has 0 radical (unpaired) electrons. The normalized spacial score (nSPS) is 11.8. The molecular formula is C18H24N4O2S. The Morgan fingerprint density at radius 3 is 2.80 bits per heavy atom. The minimum atomic E-state index is 0.00337. The third-order valence-corrected chi connectivity index (χ3v) is 4.87. The maximum atomic E-state index is 12.8. The molecule has 0 fully saturated rings. The smallest absolute Gasteiger partial charge is 0.262 e. The van der Waals surface area contributed by atoms with Crippen LogP contribution in [0.2, 0.25) is 0 Å². The fraction of sp³-hybridized carbons (Fsp3) is 0.500. The summed E-state index contributed by atoms with van der Waals surface area (Å²) in [5.41, 5.74) is 0.858. The third kappa shape index (κ3) is 3.72. The number of rotatable bonds is 8. The first kappa shape index (κ1) is 17.9. The molecule has 0 amide bonds. The van der Waals surface area contributed by atoms with Crippen LogP contribution in [-0.2, 0) is 11.3 Å². The lowest BCUT2D eigenvalue weighted by atomic mass is 10.2. The van der Waals surface area contributed by atoms with Crippen LogP contribution >= 0.6 is 11.8 Å². The van der Waals surface area contributed by atoms with Gasteiger partial charge < -0.3 is 4.74 Å². The first-order chi connectivity index (χ1) is 12.1. The van der Waals surface area contributed by atoms with E-state index in [9.17, 15) is 4.79 Å². The highest BCUT2D eigenvalue weighted by Gasteiger charge is 2.16. The summed E-state index contributed by atoms with van der Waals surface area (Å²) in [6.45, 7) is 7.48. The highest BCUT2D eigenvalue weighted by Crippen LogP contribution is 2.21. The zero-order chi connectivity index (χ0) is 17.8. The molecule has 0 aliphatic rings. The van der Waals surface area contributed by atoms with Gasteiger partial charge in [-0.15, -0.1) is 10.2 Å². The zero-order valence-electron chi connectivity index (χ0n) is 14.9. The van der Waals surface area contributed by atoms with E-state index in [0.717, 1.165) is 29.3 Å². The van der Waals surface area contributed by atoms with Gasteiger partial charge in [0, 0.05) is 12.3 Å². The van der Waals surface area contributed by atoms with Crippen LogP contribution in [0.25, 0.3) is 16.7 Å². The molecule has 2 heterocycles. The molecule has 3 rings (SSSR count). The van der Waals surface area contributed by atoms with E-state index in [-0.39, 0.29) is 11.7 Å². The van der Waals surface area contributed by atoms with E-state index in [0.29, 0.717) is 24.3 Å². The SMILES string of the molecule is CCCCn1c(=O)c2ccccc2n2c(SCCOC(C)C)nnc12. The Labute approximate surface area is 151 Å². The van der Waals surface area contributed by atoms with Gasteiger partial charge in [0.05, 0.1) is 23.6 Å². The zero-order valence-corrected chi connectivity index (χ0v) is 15.8. The van der Waals surface area contributed by atoms with Crippen molar-refractivity contribution in [3.05, 3.63) is 34.6 Å². The van der Waals surface area contributed by atoms with Crippen molar-refractivity contribution >= 4 is 28.4 Å². The highest BCUT2D eigenvalue weighted by molar-refractivity contribution is 7.99. The maximum absolute atomic E-state index is 12.8. The first-order valence-corrected chi connectivity index (χ1v) is 9.73. The predicted octanol–water partition coefficient (Wildman–Crippen LogP) is 3.36. The van der Waals surface area contributed by atoms with E-state index in [1.807, 2.05) is 42.5 Å². The lowest BCUT2D eigenvalue weighted by Gasteiger charge is -2.11. The molecule has 0 N–H and O–H groups in total. The van der Waals surface area contributed by atoms with E-state index >= 15 is 0 Å². The van der Waals surface area contributed by atoms with Gasteiger partial charge in [0.1, 0.15) is 0 Å². The van der Waals surface area contributed by atoms with Crippen LogP contribution in [0.4, 0.5) is 0 Å². The quantitative estimate of drug-likeness (QED) is 0.455. The van der Waals surface area contributed by atoms with Gasteiger partial charge in [0.15, 0.2) is 5.16 Å². The first-order valence-electron chi connectivity index (χ1n) is 8.74. The largest absolute Gasteiger partial charge is 0.378 e. The number of thioether (sulfide) groups is 1. The molecule has 0 saturated carbocycles. The number of hydrogen-bond acceptors (Lipinski definition) is 5. The van der Waals surface area contributed by atoms with Gasteiger partial charge in [-0.05, 0) is 32.4 Å². The van der Waals surface area contributed by atoms with Gasteiger partial charge >= 0.3 is 0 Å². The summed E-state index contributed by atoms with van der Waals surface area (Å²) in [4.78, 5) is 12.8. The molecule has 6 nitrogen and oxygen atoms in total. The number of nitrogens with zero attached hydrogens (tertiary/aromatic N) is 4. The van der Waals surface area contributed by atoms with Gasteiger partial charge in [-0.2, -0.15) is 0 Å². The van der Waals surface area contributed by atoms with Crippen LogP contribution in [-0.4, -0.2) is 37.6 Å². The van der Waals surface area contributed by atoms with E-state index in [1.54, 1.807) is 16.3 Å². The number of fused-ring (bicyclic) bond motifs is 3. The predicted molar refractivity (Wildman–Crippen MR) is 101 cm³/mol. The van der Waals surface area contributed by atoms with Crippen molar-refractivity contribution in [2.24, 2.45) is 0 Å². The van der Waals surface area contributed by atoms with E-state index in [1.165, 1.54) is 0 Å². The summed E-state index contributed by atoms with van der Waals surface area (Å²) in [7, 11) is 0. The van der Waals surface area contributed by atoms with Crippen LogP contribution in [0.3, 0.4) is 0 Å². The molecule has 0 aliphatic carbocycles. The Kier molecular flexibility index (Phi) is 5.75. The molecule has 0 unspecified atom stereocenters. The number of benzene rings is 1. The topological polar surface area (TPSA) is 61.4 Å². The summed E-state index contributed by atoms with van der Waals surface area (Å²) in [5, 5.41) is 10.1. The molecule has 0 bridgehead atoms. The maximum Gasteiger partial charge on any atom is 0.262 e. The van der Waals surface area contributed by atoms with E-state index < -0.39 is 0 Å². The van der Waals surface area contributed by atoms with Crippen molar-refractivity contribution in [2.75, 3.05) is 12.4 Å². The van der Waals surface area contributed by atoms with Gasteiger partial charge in [-0.1, -0.05) is 37.2 Å². The highest BCUT2D eigenvalue weighted by atomic mass is 32.2. The number of para-hydroxylation sites is 1. The lowest BCUT2D eigenvalue weighted by Crippen LogP contribution is -2.23. The summed E-state index contributed by atoms with van der Waals surface area (Å²) in [6, 6.07) is 7.66. The fourth-order valence-corrected chi connectivity index (χ4v) is 3.53. The molecule has 25 heavy (non-hydrogen) atoms. The van der Waals surface area contributed by atoms with Crippen LogP contribution in [0.15, 0.2) is 34.2 Å². The van der Waals surface area contributed by atoms with E-state index in [4.69, 9.17) is 4.74 Å². The van der Waals surface area contributed by atoms with Crippen LogP contribution < -0.4 is 5.56 Å². The Bertz CT molecular complexity index is 916. The molecule has 0 spiro atoms. The average Bonchev–Trinajstić information content (AvgIpc) is 3.02. The standard InChI is InChI=1S/C18H24N4O2S/c1-4-5-10-21-16(23)14-8-6-7-9-15(14)22-17(21)19-20-18(22)25-12-11-24-13(2)3/h6-9,13H,4-5,10-12H2,1-3H3. The minimum Gasteiger partial charge on any atom is -0.378 e. The molecule has 7 heteroatoms. The van der Waals surface area contributed by atoms with Crippen molar-refractivity contribution in [1.29, 1.82) is 0 Å². The second-order valence-electron chi connectivity index (χ2n) is 6.21. The minimum absolute atomic E-state index is 0.00337. The Morgan fingerprint density at radius 1 is 1.24 bits per heavy atom. The lowest BCUT2D eigenvalue weighted by molar-refractivity contribution is 0.0920. The summed E-state index contributed by atoms with van der Waals surface area (Å²) in [5.74, 6) is 1.41. The van der Waals surface area contributed by atoms with Crippen molar-refractivity contribution in [3.8, 4) is 0 Å². The molecule has 0 saturated heterocycles. The summed E-state index contributed by atoms with van der Waals surface area (Å²) >= 11 is 1.60. The van der Waals surface area contributed by atoms with Crippen LogP contribution in [0, 0.1) is 0 Å². The monoisotopic (exact) mass is 360 g/mol. The van der Waals surface area contributed by atoms with Crippen molar-refractivity contribution in [2.45, 2.75) is 51.4 Å². The molecule has 0 aliphatic heterocycles. The molecule has 1 aromatic carbocycles. The summed E-state index contributed by atoms with van der Waals surface area (Å²) < 4.78 is 9.34. The molecule has 0 atom stereocenters. The molecular weight excluding hydrogens is 336 g/mol. The second kappa shape index (κ2) is 8.01. The summed E-state index contributed by atoms with van der Waals surface area (Å²) in [6.07, 6.45) is 2.18. The Morgan fingerprint density at radius 2 is 2.04 bits per heavy atom. The van der Waals surface area contributed by atoms with Crippen LogP contribution in [0.5, 0.6) is 0 Å². The third-order valence-electron chi connectivity index (χ3n) is 3.98. The average molecular weight is 360 g/mol. The van der Waals surface area contributed by atoms with Gasteiger partial charge in [-0.25, -0.2) is 0 Å². The van der Waals surface area contributed by atoms with Crippen molar-refractivity contribution < 1.29 is 4.74 Å². The Hall–Kier alpha value is -1.86. The molecule has 2 aromatic heterocycles. The van der Waals surface area contributed by atoms with Crippen LogP contribution in [0.1, 0.15) is 33.6 Å². The van der Waals surface area contributed by atoms with Crippen molar-refractivity contribution in [1.82, 2.24) is 19.2 Å². The molecule has 134 valence electrons. The van der Waals surface area contributed by atoms with E-state index in [2.05, 4.69) is 17.1 Å². The number of ether oxygens (including phenoxy) is 1. The second-order valence-corrected chi connectivity index (χ2v) is 7.28. The Balaban J connectivity index is 2.05. The van der Waals surface area contributed by atoms with Crippen molar-refractivity contribution in [3.63, 3.8) is 0 Å². The van der Waals surface area contributed by atoms with Gasteiger partial charge in [0.25, 0.3) is 5.56 Å². The van der Waals surface area contributed by atoms with Gasteiger partial charge in [0.2, 0.25) is 5.78 Å².